The lowest BCUT2D eigenvalue weighted by Crippen LogP contribution is -2.39. The Hall–Kier alpha value is -0.220. The van der Waals surface area contributed by atoms with Gasteiger partial charge in [-0.25, -0.2) is 0 Å². The van der Waals surface area contributed by atoms with Crippen molar-refractivity contribution < 1.29 is 4.74 Å². The summed E-state index contributed by atoms with van der Waals surface area (Å²) in [6.07, 6.45) is 3.55. The van der Waals surface area contributed by atoms with E-state index < -0.39 is 0 Å². The summed E-state index contributed by atoms with van der Waals surface area (Å²) in [5.74, 6) is 0. The molecule has 2 aliphatic rings. The predicted molar refractivity (Wildman–Crippen MR) is 65.5 cm³/mol. The predicted octanol–water partition coefficient (Wildman–Crippen LogP) is 2.02. The van der Waals surface area contributed by atoms with Crippen LogP contribution in [0, 0.1) is 0 Å². The molecule has 1 N–H and O–H groups in total. The molecule has 0 saturated carbocycles. The van der Waals surface area contributed by atoms with Gasteiger partial charge in [0, 0.05) is 17.9 Å². The monoisotopic (exact) mass is 228 g/mol. The van der Waals surface area contributed by atoms with E-state index in [1.54, 1.807) is 0 Å². The molecule has 0 aromatic carbocycles. The number of thioether (sulfide) groups is 1. The molecule has 3 unspecified atom stereocenters. The first-order valence-corrected chi connectivity index (χ1v) is 6.71. The van der Waals surface area contributed by atoms with Gasteiger partial charge in [-0.15, -0.1) is 0 Å². The highest BCUT2D eigenvalue weighted by molar-refractivity contribution is 8.14. The van der Waals surface area contributed by atoms with Crippen LogP contribution in [-0.4, -0.2) is 35.7 Å². The van der Waals surface area contributed by atoms with Crippen molar-refractivity contribution in [2.75, 3.05) is 13.2 Å². The van der Waals surface area contributed by atoms with Gasteiger partial charge in [-0.2, -0.15) is 0 Å². The fraction of sp³-hybridized carbons (Fsp3) is 0.909. The molecular weight excluding hydrogens is 208 g/mol. The van der Waals surface area contributed by atoms with Crippen LogP contribution in [0.5, 0.6) is 0 Å². The Kier molecular flexibility index (Phi) is 3.92. The Morgan fingerprint density at radius 3 is 3.00 bits per heavy atom. The number of amidine groups is 1. The molecule has 0 radical (unpaired) electrons. The zero-order valence-corrected chi connectivity index (χ0v) is 10.3. The van der Waals surface area contributed by atoms with Crippen LogP contribution in [-0.2, 0) is 4.74 Å². The Labute approximate surface area is 96.1 Å². The maximum Gasteiger partial charge on any atom is 0.157 e. The number of rotatable bonds is 1. The van der Waals surface area contributed by atoms with Gasteiger partial charge in [0.05, 0.1) is 12.6 Å². The van der Waals surface area contributed by atoms with E-state index in [-0.39, 0.29) is 0 Å². The van der Waals surface area contributed by atoms with Crippen LogP contribution in [0.1, 0.15) is 33.1 Å². The second-order valence-corrected chi connectivity index (χ2v) is 5.94. The van der Waals surface area contributed by atoms with E-state index >= 15 is 0 Å². The average molecular weight is 228 g/mol. The molecule has 15 heavy (non-hydrogen) atoms. The maximum absolute atomic E-state index is 5.43. The number of nitrogens with one attached hydrogen (secondary N) is 1. The van der Waals surface area contributed by atoms with Crippen molar-refractivity contribution in [3.05, 3.63) is 0 Å². The molecule has 0 spiro atoms. The molecule has 3 atom stereocenters. The maximum atomic E-state index is 5.43. The molecule has 0 aromatic heterocycles. The molecule has 86 valence electrons. The summed E-state index contributed by atoms with van der Waals surface area (Å²) in [7, 11) is 0. The van der Waals surface area contributed by atoms with E-state index in [2.05, 4.69) is 19.2 Å². The van der Waals surface area contributed by atoms with E-state index in [1.807, 2.05) is 11.8 Å². The standard InChI is InChI=1S/C11H20N2OS/c1-8-6-9(2)15-11(12-8)13-10-4-3-5-14-7-10/h8-10H,3-7H2,1-2H3,(H,12,13). The van der Waals surface area contributed by atoms with Crippen LogP contribution in [0.3, 0.4) is 0 Å². The summed E-state index contributed by atoms with van der Waals surface area (Å²) >= 11 is 1.87. The first-order chi connectivity index (χ1) is 7.24. The summed E-state index contributed by atoms with van der Waals surface area (Å²) < 4.78 is 5.43. The van der Waals surface area contributed by atoms with Gasteiger partial charge in [0.25, 0.3) is 0 Å². The van der Waals surface area contributed by atoms with Crippen molar-refractivity contribution in [1.29, 1.82) is 0 Å². The number of aliphatic imine (C=N–C) groups is 1. The molecule has 2 saturated heterocycles. The highest BCUT2D eigenvalue weighted by Crippen LogP contribution is 2.23. The average Bonchev–Trinajstić information content (AvgIpc) is 2.17. The fourth-order valence-corrected chi connectivity index (χ4v) is 3.34. The van der Waals surface area contributed by atoms with E-state index in [4.69, 9.17) is 9.73 Å². The summed E-state index contributed by atoms with van der Waals surface area (Å²) in [5, 5.41) is 5.26. The van der Waals surface area contributed by atoms with Gasteiger partial charge in [0.2, 0.25) is 0 Å². The minimum Gasteiger partial charge on any atom is -0.379 e. The van der Waals surface area contributed by atoms with Crippen LogP contribution in [0.25, 0.3) is 0 Å². The van der Waals surface area contributed by atoms with Crippen molar-refractivity contribution in [1.82, 2.24) is 5.32 Å². The van der Waals surface area contributed by atoms with Gasteiger partial charge in [0.1, 0.15) is 0 Å². The summed E-state index contributed by atoms with van der Waals surface area (Å²) in [5.41, 5.74) is 0. The molecule has 2 fully saturated rings. The zero-order chi connectivity index (χ0) is 10.7. The molecule has 2 heterocycles. The molecule has 2 aliphatic heterocycles. The second-order valence-electron chi connectivity index (χ2n) is 4.51. The van der Waals surface area contributed by atoms with Crippen molar-refractivity contribution >= 4 is 16.9 Å². The first kappa shape index (κ1) is 11.3. The molecule has 3 nitrogen and oxygen atoms in total. The molecule has 0 aromatic rings. The van der Waals surface area contributed by atoms with Crippen molar-refractivity contribution in [2.45, 2.75) is 50.4 Å². The molecule has 0 bridgehead atoms. The summed E-state index contributed by atoms with van der Waals surface area (Å²) in [6.45, 7) is 6.21. The largest absolute Gasteiger partial charge is 0.379 e. The summed E-state index contributed by atoms with van der Waals surface area (Å²) in [6, 6.07) is 0.941. The lowest BCUT2D eigenvalue weighted by molar-refractivity contribution is 0.0828. The lowest BCUT2D eigenvalue weighted by Gasteiger charge is -2.28. The highest BCUT2D eigenvalue weighted by Gasteiger charge is 2.21. The second kappa shape index (κ2) is 5.21. The van der Waals surface area contributed by atoms with E-state index in [1.165, 1.54) is 12.8 Å². The van der Waals surface area contributed by atoms with Crippen LogP contribution in [0.4, 0.5) is 0 Å². The molecule has 4 heteroatoms. The SMILES string of the molecule is CC1CC(C)SC(=NC2CCCOC2)N1. The Balaban J connectivity index is 1.92. The van der Waals surface area contributed by atoms with Crippen LogP contribution >= 0.6 is 11.8 Å². The molecule has 2 rings (SSSR count). The number of ether oxygens (including phenoxy) is 1. The third-order valence-electron chi connectivity index (χ3n) is 2.80. The van der Waals surface area contributed by atoms with Crippen molar-refractivity contribution in [2.24, 2.45) is 4.99 Å². The third-order valence-corrected chi connectivity index (χ3v) is 3.85. The van der Waals surface area contributed by atoms with Crippen molar-refractivity contribution in [3.63, 3.8) is 0 Å². The van der Waals surface area contributed by atoms with E-state index in [0.29, 0.717) is 17.3 Å². The van der Waals surface area contributed by atoms with Crippen LogP contribution in [0.2, 0.25) is 0 Å². The molecule has 0 aliphatic carbocycles. The zero-order valence-electron chi connectivity index (χ0n) is 9.53. The van der Waals surface area contributed by atoms with E-state index in [9.17, 15) is 0 Å². The minimum atomic E-state index is 0.381. The number of hydrogen-bond donors (Lipinski definition) is 1. The summed E-state index contributed by atoms with van der Waals surface area (Å²) in [4.78, 5) is 4.74. The minimum absolute atomic E-state index is 0.381. The normalized spacial score (nSPS) is 40.1. The third kappa shape index (κ3) is 3.38. The van der Waals surface area contributed by atoms with Crippen LogP contribution in [0.15, 0.2) is 4.99 Å². The quantitative estimate of drug-likeness (QED) is 0.745. The van der Waals surface area contributed by atoms with Gasteiger partial charge >= 0.3 is 0 Å². The highest BCUT2D eigenvalue weighted by atomic mass is 32.2. The van der Waals surface area contributed by atoms with Gasteiger partial charge < -0.3 is 10.1 Å². The molecular formula is C11H20N2OS. The Morgan fingerprint density at radius 2 is 2.33 bits per heavy atom. The van der Waals surface area contributed by atoms with E-state index in [0.717, 1.165) is 24.8 Å². The number of nitrogens with zero attached hydrogens (tertiary/aromatic N) is 1. The lowest BCUT2D eigenvalue weighted by atomic mass is 10.1. The Bertz CT molecular complexity index is 227. The fourth-order valence-electron chi connectivity index (χ4n) is 2.10. The Morgan fingerprint density at radius 1 is 1.47 bits per heavy atom. The van der Waals surface area contributed by atoms with Gasteiger partial charge in [-0.1, -0.05) is 18.7 Å². The topological polar surface area (TPSA) is 33.6 Å². The van der Waals surface area contributed by atoms with Gasteiger partial charge in [-0.3, -0.25) is 4.99 Å². The molecule has 0 amide bonds. The van der Waals surface area contributed by atoms with Gasteiger partial charge in [0.15, 0.2) is 5.17 Å². The smallest absolute Gasteiger partial charge is 0.157 e. The first-order valence-electron chi connectivity index (χ1n) is 5.83. The van der Waals surface area contributed by atoms with Gasteiger partial charge in [-0.05, 0) is 26.2 Å². The van der Waals surface area contributed by atoms with Crippen molar-refractivity contribution in [3.8, 4) is 0 Å². The van der Waals surface area contributed by atoms with Crippen LogP contribution < -0.4 is 5.32 Å². The number of hydrogen-bond acceptors (Lipinski definition) is 3.